The fraction of sp³-hybridized carbons (Fsp3) is 0.458. The highest BCUT2D eigenvalue weighted by Crippen LogP contribution is 2.48. The van der Waals surface area contributed by atoms with Gasteiger partial charge in [0.1, 0.15) is 11.4 Å². The smallest absolute Gasteiger partial charge is 0.293 e. The van der Waals surface area contributed by atoms with Crippen LogP contribution in [0.1, 0.15) is 57.2 Å². The number of carbonyl (C=O) groups excluding carboxylic acids is 2. The van der Waals surface area contributed by atoms with Crippen molar-refractivity contribution in [3.63, 3.8) is 0 Å². The maximum absolute atomic E-state index is 12.1. The molecular weight excluding hydrogens is 396 g/mol. The van der Waals surface area contributed by atoms with Crippen molar-refractivity contribution in [2.45, 2.75) is 58.3 Å². The van der Waals surface area contributed by atoms with Gasteiger partial charge in [0.15, 0.2) is 0 Å². The van der Waals surface area contributed by atoms with Crippen molar-refractivity contribution < 1.29 is 14.3 Å². The SMILES string of the molecule is COc1cc(N2C(=O)CSC2=O)cnc1-c1cc2c(cc1C)C(C)(C)CCC2(C)C. The molecule has 1 fully saturated rings. The van der Waals surface area contributed by atoms with E-state index < -0.39 is 0 Å². The van der Waals surface area contributed by atoms with Gasteiger partial charge in [-0.1, -0.05) is 45.5 Å². The van der Waals surface area contributed by atoms with Crippen LogP contribution in [0.4, 0.5) is 10.5 Å². The Bertz CT molecular complexity index is 1040. The van der Waals surface area contributed by atoms with E-state index in [4.69, 9.17) is 4.74 Å². The molecule has 0 N–H and O–H groups in total. The first-order chi connectivity index (χ1) is 14.0. The Morgan fingerprint density at radius 3 is 2.23 bits per heavy atom. The van der Waals surface area contributed by atoms with Gasteiger partial charge in [0.05, 0.1) is 24.7 Å². The Kier molecular flexibility index (Phi) is 4.96. The van der Waals surface area contributed by atoms with Crippen molar-refractivity contribution in [2.75, 3.05) is 17.8 Å². The number of methoxy groups -OCH3 is 1. The number of ether oxygens (including phenoxy) is 1. The molecule has 0 radical (unpaired) electrons. The van der Waals surface area contributed by atoms with E-state index >= 15 is 0 Å². The third-order valence-corrected chi connectivity index (χ3v) is 7.34. The zero-order valence-electron chi connectivity index (χ0n) is 18.5. The van der Waals surface area contributed by atoms with E-state index in [2.05, 4.69) is 51.7 Å². The molecular formula is C24H28N2O3S. The maximum atomic E-state index is 12.1. The molecule has 1 aromatic carbocycles. The van der Waals surface area contributed by atoms with Gasteiger partial charge in [-0.05, 0) is 53.4 Å². The quantitative estimate of drug-likeness (QED) is 0.640. The number of aryl methyl sites for hydroxylation is 1. The minimum absolute atomic E-state index is 0.0894. The summed E-state index contributed by atoms with van der Waals surface area (Å²) in [6.45, 7) is 11.3. The number of hydrogen-bond donors (Lipinski definition) is 0. The molecule has 158 valence electrons. The van der Waals surface area contributed by atoms with Crippen LogP contribution in [-0.2, 0) is 15.6 Å². The van der Waals surface area contributed by atoms with E-state index in [0.29, 0.717) is 11.4 Å². The van der Waals surface area contributed by atoms with Crippen LogP contribution < -0.4 is 9.64 Å². The van der Waals surface area contributed by atoms with Gasteiger partial charge < -0.3 is 4.74 Å². The van der Waals surface area contributed by atoms with Crippen molar-refractivity contribution in [2.24, 2.45) is 0 Å². The summed E-state index contributed by atoms with van der Waals surface area (Å²) >= 11 is 1.01. The van der Waals surface area contributed by atoms with E-state index in [1.807, 2.05) is 0 Å². The van der Waals surface area contributed by atoms with Gasteiger partial charge in [0.2, 0.25) is 5.91 Å². The molecule has 2 amide bonds. The van der Waals surface area contributed by atoms with Crippen LogP contribution in [0.25, 0.3) is 11.3 Å². The fourth-order valence-corrected chi connectivity index (χ4v) is 5.21. The van der Waals surface area contributed by atoms with E-state index in [1.54, 1.807) is 19.4 Å². The molecule has 2 heterocycles. The molecule has 0 atom stereocenters. The molecule has 0 spiro atoms. The molecule has 2 aromatic rings. The van der Waals surface area contributed by atoms with Crippen LogP contribution in [0.2, 0.25) is 0 Å². The van der Waals surface area contributed by atoms with Crippen LogP contribution in [-0.4, -0.2) is 29.0 Å². The van der Waals surface area contributed by atoms with Crippen LogP contribution >= 0.6 is 11.8 Å². The molecule has 30 heavy (non-hydrogen) atoms. The van der Waals surface area contributed by atoms with Gasteiger partial charge in [-0.15, -0.1) is 0 Å². The number of rotatable bonds is 3. The lowest BCUT2D eigenvalue weighted by Gasteiger charge is -2.42. The zero-order valence-corrected chi connectivity index (χ0v) is 19.3. The molecule has 1 aliphatic carbocycles. The van der Waals surface area contributed by atoms with Crippen molar-refractivity contribution in [1.29, 1.82) is 0 Å². The third-order valence-electron chi connectivity index (χ3n) is 6.52. The normalized spacial score (nSPS) is 19.7. The average Bonchev–Trinajstić information content (AvgIpc) is 3.03. The Hall–Kier alpha value is -2.34. The first-order valence-electron chi connectivity index (χ1n) is 10.2. The van der Waals surface area contributed by atoms with Gasteiger partial charge in [-0.25, -0.2) is 4.90 Å². The molecule has 0 unspecified atom stereocenters. The summed E-state index contributed by atoms with van der Waals surface area (Å²) in [5.41, 5.74) is 6.34. The Balaban J connectivity index is 1.85. The molecule has 4 rings (SSSR count). The van der Waals surface area contributed by atoms with Crippen LogP contribution in [0.3, 0.4) is 0 Å². The number of benzene rings is 1. The topological polar surface area (TPSA) is 59.5 Å². The molecule has 0 saturated carbocycles. The number of fused-ring (bicyclic) bond motifs is 1. The second-order valence-electron chi connectivity index (χ2n) is 9.51. The number of aromatic nitrogens is 1. The zero-order chi connectivity index (χ0) is 21.8. The number of thioether (sulfide) groups is 1. The fourth-order valence-electron chi connectivity index (χ4n) is 4.50. The van der Waals surface area contributed by atoms with Gasteiger partial charge in [-0.2, -0.15) is 0 Å². The van der Waals surface area contributed by atoms with E-state index in [9.17, 15) is 9.59 Å². The highest BCUT2D eigenvalue weighted by atomic mass is 32.2. The summed E-state index contributed by atoms with van der Waals surface area (Å²) in [6, 6.07) is 6.29. The lowest BCUT2D eigenvalue weighted by Crippen LogP contribution is -2.34. The predicted octanol–water partition coefficient (Wildman–Crippen LogP) is 5.61. The van der Waals surface area contributed by atoms with E-state index in [-0.39, 0.29) is 27.7 Å². The number of amides is 2. The number of hydrogen-bond acceptors (Lipinski definition) is 5. The van der Waals surface area contributed by atoms with Gasteiger partial charge in [-0.3, -0.25) is 14.6 Å². The molecule has 1 saturated heterocycles. The summed E-state index contributed by atoms with van der Waals surface area (Å²) in [7, 11) is 1.59. The molecule has 1 aliphatic heterocycles. The van der Waals surface area contributed by atoms with Crippen LogP contribution in [0.5, 0.6) is 5.75 Å². The lowest BCUT2D eigenvalue weighted by molar-refractivity contribution is -0.115. The first-order valence-corrected chi connectivity index (χ1v) is 11.2. The third kappa shape index (κ3) is 3.31. The standard InChI is InChI=1S/C24H28N2O3S/c1-14-9-17-18(24(4,5)8-7-23(17,2)3)11-16(14)21-19(29-6)10-15(12-25-21)26-20(27)13-30-22(26)28/h9-12H,7-8,13H2,1-6H3. The minimum Gasteiger partial charge on any atom is -0.494 e. The van der Waals surface area contributed by atoms with E-state index in [1.165, 1.54) is 16.0 Å². The molecule has 2 aliphatic rings. The second-order valence-corrected chi connectivity index (χ2v) is 10.4. The summed E-state index contributed by atoms with van der Waals surface area (Å²) in [4.78, 5) is 30.0. The number of nitrogens with zero attached hydrogens (tertiary/aromatic N) is 2. The van der Waals surface area contributed by atoms with Crippen LogP contribution in [0, 0.1) is 6.92 Å². The maximum Gasteiger partial charge on any atom is 0.293 e. The van der Waals surface area contributed by atoms with Gasteiger partial charge in [0, 0.05) is 11.6 Å². The lowest BCUT2D eigenvalue weighted by atomic mass is 9.62. The van der Waals surface area contributed by atoms with Gasteiger partial charge in [0.25, 0.3) is 5.24 Å². The molecule has 6 heteroatoms. The van der Waals surface area contributed by atoms with Crippen molar-refractivity contribution in [3.8, 4) is 17.0 Å². The summed E-state index contributed by atoms with van der Waals surface area (Å²) in [5.74, 6) is 0.494. The van der Waals surface area contributed by atoms with Gasteiger partial charge >= 0.3 is 0 Å². The average molecular weight is 425 g/mol. The highest BCUT2D eigenvalue weighted by molar-refractivity contribution is 8.15. The van der Waals surface area contributed by atoms with E-state index in [0.717, 1.165) is 41.4 Å². The Morgan fingerprint density at radius 2 is 1.67 bits per heavy atom. The molecule has 5 nitrogen and oxygen atoms in total. The highest BCUT2D eigenvalue weighted by Gasteiger charge is 2.38. The second kappa shape index (κ2) is 7.12. The van der Waals surface area contributed by atoms with Crippen molar-refractivity contribution >= 4 is 28.6 Å². The van der Waals surface area contributed by atoms with Crippen molar-refractivity contribution in [3.05, 3.63) is 41.1 Å². The number of anilines is 1. The number of carbonyl (C=O) groups is 2. The first kappa shape index (κ1) is 20.9. The predicted molar refractivity (Wildman–Crippen MR) is 122 cm³/mol. The number of imide groups is 1. The van der Waals surface area contributed by atoms with Crippen LogP contribution in [0.15, 0.2) is 24.4 Å². The molecule has 1 aromatic heterocycles. The summed E-state index contributed by atoms with van der Waals surface area (Å²) < 4.78 is 5.64. The monoisotopic (exact) mass is 424 g/mol. The Morgan fingerprint density at radius 1 is 1.03 bits per heavy atom. The summed E-state index contributed by atoms with van der Waals surface area (Å²) in [5, 5.41) is -0.273. The largest absolute Gasteiger partial charge is 0.494 e. The molecule has 0 bridgehead atoms. The summed E-state index contributed by atoms with van der Waals surface area (Å²) in [6.07, 6.45) is 3.89. The Labute approximate surface area is 182 Å². The van der Waals surface area contributed by atoms with Crippen molar-refractivity contribution in [1.82, 2.24) is 4.98 Å². The minimum atomic E-state index is -0.273. The number of pyridine rings is 1.